The van der Waals surface area contributed by atoms with Gasteiger partial charge in [-0.2, -0.15) is 5.10 Å². The van der Waals surface area contributed by atoms with Gasteiger partial charge in [0.2, 0.25) is 0 Å². The normalized spacial score (nSPS) is 10.9. The van der Waals surface area contributed by atoms with E-state index in [-0.39, 0.29) is 0 Å². The lowest BCUT2D eigenvalue weighted by molar-refractivity contribution is -0.301. The summed E-state index contributed by atoms with van der Waals surface area (Å²) in [6.45, 7) is 2.36. The van der Waals surface area contributed by atoms with Crippen LogP contribution in [-0.4, -0.2) is 58.8 Å². The number of carboxylic acid groups (broad SMARTS) is 2. The van der Waals surface area contributed by atoms with E-state index in [1.54, 1.807) is 6.20 Å². The Kier molecular flexibility index (Phi) is 10.4. The summed E-state index contributed by atoms with van der Waals surface area (Å²) in [6, 6.07) is 20.0. The minimum Gasteiger partial charge on any atom is -0.545 e. The van der Waals surface area contributed by atoms with E-state index in [2.05, 4.69) is 42.2 Å². The molecule has 0 unspecified atom stereocenters. The molecule has 0 atom stereocenters. The highest BCUT2D eigenvalue weighted by Gasteiger charge is 2.13. The highest BCUT2D eigenvalue weighted by molar-refractivity contribution is 6.30. The van der Waals surface area contributed by atoms with Gasteiger partial charge in [-0.25, -0.2) is 9.67 Å². The predicted molar refractivity (Wildman–Crippen MR) is 141 cm³/mol. The molecule has 0 spiro atoms. The molecule has 38 heavy (non-hydrogen) atoms. The van der Waals surface area contributed by atoms with E-state index >= 15 is 0 Å². The van der Waals surface area contributed by atoms with E-state index in [4.69, 9.17) is 21.4 Å². The van der Waals surface area contributed by atoms with Gasteiger partial charge < -0.3 is 29.4 Å². The number of ether oxygens (including phenoxy) is 1. The van der Waals surface area contributed by atoms with E-state index in [1.165, 1.54) is 0 Å². The number of nitrogens with zero attached hydrogens (tertiary/aromatic N) is 4. The number of carboxylic acids is 2. The van der Waals surface area contributed by atoms with E-state index < -0.39 is 11.9 Å². The molecule has 0 amide bonds. The van der Waals surface area contributed by atoms with Crippen LogP contribution >= 0.6 is 11.6 Å². The standard InChI is InChI=1S/C24H25ClN4O.C4H4O4/c1-28(2)15-4-16-30-21-12-8-19(9-13-21)23-22-5-3-14-26-24(22)29(27-23)17-18-6-10-20(25)11-7-18;5-3(6)1-2-4(7)8/h3,5-14H,4,15-17H2,1-2H3;1-2H,(H,5,6)(H,7,8)/p-2/b;2-1-. The molecule has 0 aliphatic heterocycles. The maximum Gasteiger partial charge on any atom is 0.158 e. The molecule has 0 N–H and O–H groups in total. The summed E-state index contributed by atoms with van der Waals surface area (Å²) in [7, 11) is 4.14. The van der Waals surface area contributed by atoms with Crippen molar-refractivity contribution in [2.24, 2.45) is 0 Å². The summed E-state index contributed by atoms with van der Waals surface area (Å²) in [4.78, 5) is 25.6. The van der Waals surface area contributed by atoms with Crippen LogP contribution in [0.5, 0.6) is 5.75 Å². The van der Waals surface area contributed by atoms with Gasteiger partial charge in [-0.3, -0.25) is 0 Å². The number of carbonyl (C=O) groups is 2. The lowest BCUT2D eigenvalue weighted by Crippen LogP contribution is -2.23. The fraction of sp³-hybridized carbons (Fsp3) is 0.214. The second-order valence-electron chi connectivity index (χ2n) is 8.51. The third-order valence-electron chi connectivity index (χ3n) is 5.25. The summed E-state index contributed by atoms with van der Waals surface area (Å²) >= 11 is 6.01. The van der Waals surface area contributed by atoms with Gasteiger partial charge in [0.05, 0.1) is 25.1 Å². The van der Waals surface area contributed by atoms with Crippen molar-refractivity contribution in [3.05, 3.63) is 89.6 Å². The van der Waals surface area contributed by atoms with Gasteiger partial charge in [-0.05, 0) is 86.8 Å². The number of hydrogen-bond acceptors (Lipinski definition) is 8. The topological polar surface area (TPSA) is 123 Å². The first-order valence-electron chi connectivity index (χ1n) is 11.8. The van der Waals surface area contributed by atoms with Crippen molar-refractivity contribution >= 4 is 34.6 Å². The largest absolute Gasteiger partial charge is 0.545 e. The Hall–Kier alpha value is -4.21. The molecule has 0 saturated heterocycles. The molecule has 0 radical (unpaired) electrons. The second-order valence-corrected chi connectivity index (χ2v) is 8.94. The number of rotatable bonds is 10. The first kappa shape index (κ1) is 28.4. The number of benzene rings is 2. The molecule has 0 fully saturated rings. The van der Waals surface area contributed by atoms with Crippen LogP contribution < -0.4 is 14.9 Å². The maximum absolute atomic E-state index is 9.41. The summed E-state index contributed by atoms with van der Waals surface area (Å²) in [5.41, 5.74) is 3.96. The fourth-order valence-electron chi connectivity index (χ4n) is 3.51. The van der Waals surface area contributed by atoms with E-state index in [1.807, 2.05) is 47.1 Å². The summed E-state index contributed by atoms with van der Waals surface area (Å²) in [5.74, 6) is -2.22. The molecule has 9 nitrogen and oxygen atoms in total. The van der Waals surface area contributed by atoms with Gasteiger partial charge in [-0.15, -0.1) is 0 Å². The number of fused-ring (bicyclic) bond motifs is 1. The molecule has 10 heteroatoms. The monoisotopic (exact) mass is 534 g/mol. The fourth-order valence-corrected chi connectivity index (χ4v) is 3.64. The van der Waals surface area contributed by atoms with Crippen LogP contribution in [0.1, 0.15) is 12.0 Å². The maximum atomic E-state index is 9.41. The van der Waals surface area contributed by atoms with Gasteiger partial charge in [0.25, 0.3) is 0 Å². The lowest BCUT2D eigenvalue weighted by atomic mass is 10.1. The molecule has 4 rings (SSSR count). The van der Waals surface area contributed by atoms with Crippen LogP contribution in [0.2, 0.25) is 5.02 Å². The molecule has 0 aliphatic rings. The third-order valence-corrected chi connectivity index (χ3v) is 5.51. The van der Waals surface area contributed by atoms with Gasteiger partial charge in [0.1, 0.15) is 11.4 Å². The Balaban J connectivity index is 0.000000436. The summed E-state index contributed by atoms with van der Waals surface area (Å²) in [5, 5.41) is 25.5. The average molecular weight is 535 g/mol. The molecule has 2 heterocycles. The second kappa shape index (κ2) is 13.9. The Morgan fingerprint density at radius 1 is 1.00 bits per heavy atom. The zero-order valence-electron chi connectivity index (χ0n) is 21.0. The zero-order chi connectivity index (χ0) is 27.5. The highest BCUT2D eigenvalue weighted by Crippen LogP contribution is 2.29. The number of aliphatic carboxylic acids is 2. The van der Waals surface area contributed by atoms with Crippen LogP contribution in [0.15, 0.2) is 79.0 Å². The van der Waals surface area contributed by atoms with Gasteiger partial charge >= 0.3 is 0 Å². The number of halogens is 1. The van der Waals surface area contributed by atoms with Crippen molar-refractivity contribution < 1.29 is 24.5 Å². The van der Waals surface area contributed by atoms with Crippen LogP contribution in [0.25, 0.3) is 22.3 Å². The molecule has 0 saturated carbocycles. The average Bonchev–Trinajstić information content (AvgIpc) is 3.26. The first-order chi connectivity index (χ1) is 18.2. The van der Waals surface area contributed by atoms with Gasteiger partial charge in [-0.1, -0.05) is 23.7 Å². The van der Waals surface area contributed by atoms with E-state index in [0.717, 1.165) is 51.6 Å². The molecule has 0 aliphatic carbocycles. The minimum atomic E-state index is -1.55. The van der Waals surface area contributed by atoms with Crippen molar-refractivity contribution in [1.29, 1.82) is 0 Å². The quantitative estimate of drug-likeness (QED) is 0.224. The van der Waals surface area contributed by atoms with Gasteiger partial charge in [0.15, 0.2) is 5.65 Å². The Bertz CT molecular complexity index is 1370. The highest BCUT2D eigenvalue weighted by atomic mass is 35.5. The molecule has 2 aromatic heterocycles. The number of hydrogen-bond donors (Lipinski definition) is 0. The third kappa shape index (κ3) is 8.72. The number of carbonyl (C=O) groups excluding carboxylic acids is 2. The van der Waals surface area contributed by atoms with E-state index in [0.29, 0.717) is 25.3 Å². The molecule has 0 bridgehead atoms. The van der Waals surface area contributed by atoms with Crippen molar-refractivity contribution in [2.75, 3.05) is 27.2 Å². The van der Waals surface area contributed by atoms with Crippen LogP contribution in [-0.2, 0) is 16.1 Å². The smallest absolute Gasteiger partial charge is 0.158 e. The molecule has 198 valence electrons. The van der Waals surface area contributed by atoms with Crippen molar-refractivity contribution in [3.8, 4) is 17.0 Å². The number of aromatic nitrogens is 3. The van der Waals surface area contributed by atoms with Gasteiger partial charge in [0, 0.05) is 28.7 Å². The first-order valence-corrected chi connectivity index (χ1v) is 12.1. The molecular weight excluding hydrogens is 508 g/mol. The minimum absolute atomic E-state index is 0.384. The molecule has 2 aromatic carbocycles. The SMILES string of the molecule is CN(C)CCCOc1ccc(-c2nn(Cc3ccc(Cl)cc3)c3ncccc23)cc1.O=C([O-])/C=C\C(=O)[O-]. The van der Waals surface area contributed by atoms with Crippen LogP contribution in [0.4, 0.5) is 0 Å². The molecule has 4 aromatic rings. The van der Waals surface area contributed by atoms with Crippen LogP contribution in [0.3, 0.4) is 0 Å². The summed E-state index contributed by atoms with van der Waals surface area (Å²) in [6.07, 6.45) is 3.57. The lowest BCUT2D eigenvalue weighted by Gasteiger charge is -2.10. The van der Waals surface area contributed by atoms with E-state index in [9.17, 15) is 19.8 Å². The number of pyridine rings is 1. The van der Waals surface area contributed by atoms with Crippen LogP contribution in [0, 0.1) is 0 Å². The summed E-state index contributed by atoms with van der Waals surface area (Å²) < 4.78 is 7.80. The van der Waals surface area contributed by atoms with Crippen molar-refractivity contribution in [3.63, 3.8) is 0 Å². The zero-order valence-corrected chi connectivity index (χ0v) is 21.8. The van der Waals surface area contributed by atoms with Crippen molar-refractivity contribution in [2.45, 2.75) is 13.0 Å². The Labute approximate surface area is 225 Å². The molecular formula is C28H27ClN4O5-2. The predicted octanol–water partition coefficient (Wildman–Crippen LogP) is 2.17. The Morgan fingerprint density at radius 3 is 2.26 bits per heavy atom. The van der Waals surface area contributed by atoms with Crippen molar-refractivity contribution in [1.82, 2.24) is 19.7 Å². The Morgan fingerprint density at radius 2 is 1.66 bits per heavy atom.